The molecule has 3 N–H and O–H groups in total. The van der Waals surface area contributed by atoms with Crippen molar-refractivity contribution in [3.05, 3.63) is 42.2 Å². The molecule has 0 aliphatic heterocycles. The number of aromatic nitrogens is 3. The maximum absolute atomic E-state index is 5.62. The van der Waals surface area contributed by atoms with Crippen molar-refractivity contribution in [2.45, 2.75) is 6.61 Å². The summed E-state index contributed by atoms with van der Waals surface area (Å²) in [4.78, 5) is 11.8. The van der Waals surface area contributed by atoms with Gasteiger partial charge in [0.1, 0.15) is 18.2 Å². The molecular weight excluding hydrogens is 256 g/mol. The first-order chi connectivity index (χ1) is 9.74. The molecule has 0 saturated carbocycles. The molecule has 3 rings (SSSR count). The number of pyridine rings is 1. The standard InChI is InChI=1S/C14H14N4O2/c1-19-13-7-6-11-14(18-13)17-12(16-11)8-20-10-4-2-9(15)3-5-10/h2-7H,8,15H2,1H3,(H,16,17,18). The molecule has 0 aliphatic carbocycles. The van der Waals surface area contributed by atoms with E-state index in [1.165, 1.54) is 0 Å². The molecule has 0 bridgehead atoms. The van der Waals surface area contributed by atoms with Crippen LogP contribution >= 0.6 is 0 Å². The number of anilines is 1. The number of methoxy groups -OCH3 is 1. The number of nitrogens with two attached hydrogens (primary N) is 1. The highest BCUT2D eigenvalue weighted by atomic mass is 16.5. The summed E-state index contributed by atoms with van der Waals surface area (Å²) in [6.45, 7) is 0.336. The van der Waals surface area contributed by atoms with E-state index in [4.69, 9.17) is 15.2 Å². The van der Waals surface area contributed by atoms with Crippen LogP contribution in [-0.4, -0.2) is 22.1 Å². The Kier molecular flexibility index (Phi) is 3.12. The van der Waals surface area contributed by atoms with Crippen molar-refractivity contribution in [1.82, 2.24) is 15.0 Å². The fraction of sp³-hybridized carbons (Fsp3) is 0.143. The summed E-state index contributed by atoms with van der Waals surface area (Å²) in [6.07, 6.45) is 0. The van der Waals surface area contributed by atoms with E-state index in [-0.39, 0.29) is 0 Å². The Hall–Kier alpha value is -2.76. The lowest BCUT2D eigenvalue weighted by Gasteiger charge is -2.03. The van der Waals surface area contributed by atoms with Crippen LogP contribution in [0.5, 0.6) is 11.6 Å². The van der Waals surface area contributed by atoms with Crippen molar-refractivity contribution >= 4 is 16.9 Å². The molecule has 0 saturated heterocycles. The molecule has 0 unspecified atom stereocenters. The summed E-state index contributed by atoms with van der Waals surface area (Å²) in [5.74, 6) is 1.98. The minimum absolute atomic E-state index is 0.336. The number of H-pyrrole nitrogens is 1. The van der Waals surface area contributed by atoms with Gasteiger partial charge in [0.05, 0.1) is 12.6 Å². The smallest absolute Gasteiger partial charge is 0.215 e. The van der Waals surface area contributed by atoms with E-state index >= 15 is 0 Å². The number of ether oxygens (including phenoxy) is 2. The van der Waals surface area contributed by atoms with E-state index in [1.54, 1.807) is 25.3 Å². The van der Waals surface area contributed by atoms with Gasteiger partial charge in [-0.05, 0) is 30.3 Å². The SMILES string of the molecule is COc1ccc2[nH]c(COc3ccc(N)cc3)nc2n1. The molecule has 6 nitrogen and oxygen atoms in total. The van der Waals surface area contributed by atoms with Gasteiger partial charge in [-0.25, -0.2) is 4.98 Å². The molecule has 0 aliphatic rings. The first-order valence-corrected chi connectivity index (χ1v) is 6.12. The third kappa shape index (κ3) is 2.49. The van der Waals surface area contributed by atoms with Crippen LogP contribution in [0, 0.1) is 0 Å². The summed E-state index contributed by atoms with van der Waals surface area (Å²) in [5, 5.41) is 0. The molecule has 2 aromatic heterocycles. The van der Waals surface area contributed by atoms with Gasteiger partial charge in [0, 0.05) is 11.8 Å². The van der Waals surface area contributed by atoms with Crippen LogP contribution in [0.4, 0.5) is 5.69 Å². The lowest BCUT2D eigenvalue weighted by Crippen LogP contribution is -1.97. The number of nitrogens with zero attached hydrogens (tertiary/aromatic N) is 2. The van der Waals surface area contributed by atoms with Crippen LogP contribution in [0.3, 0.4) is 0 Å². The summed E-state index contributed by atoms with van der Waals surface area (Å²) in [5.41, 5.74) is 7.78. The number of fused-ring (bicyclic) bond motifs is 1. The second-order valence-corrected chi connectivity index (χ2v) is 4.27. The lowest BCUT2D eigenvalue weighted by molar-refractivity contribution is 0.297. The van der Waals surface area contributed by atoms with Crippen molar-refractivity contribution in [3.8, 4) is 11.6 Å². The number of nitrogens with one attached hydrogen (secondary N) is 1. The molecule has 3 aromatic rings. The second-order valence-electron chi connectivity index (χ2n) is 4.27. The Morgan fingerprint density at radius 1 is 1.10 bits per heavy atom. The van der Waals surface area contributed by atoms with Crippen LogP contribution in [-0.2, 0) is 6.61 Å². The minimum Gasteiger partial charge on any atom is -0.486 e. The minimum atomic E-state index is 0.336. The van der Waals surface area contributed by atoms with Crippen LogP contribution < -0.4 is 15.2 Å². The molecule has 0 radical (unpaired) electrons. The van der Waals surface area contributed by atoms with Gasteiger partial charge < -0.3 is 20.2 Å². The van der Waals surface area contributed by atoms with E-state index < -0.39 is 0 Å². The van der Waals surface area contributed by atoms with E-state index in [0.717, 1.165) is 11.3 Å². The van der Waals surface area contributed by atoms with Gasteiger partial charge in [0.15, 0.2) is 5.65 Å². The van der Waals surface area contributed by atoms with Gasteiger partial charge in [-0.2, -0.15) is 4.98 Å². The molecule has 20 heavy (non-hydrogen) atoms. The molecule has 0 spiro atoms. The fourth-order valence-electron chi connectivity index (χ4n) is 1.82. The number of hydrogen-bond acceptors (Lipinski definition) is 5. The highest BCUT2D eigenvalue weighted by Crippen LogP contribution is 2.17. The van der Waals surface area contributed by atoms with Crippen LogP contribution in [0.15, 0.2) is 36.4 Å². The van der Waals surface area contributed by atoms with Gasteiger partial charge in [-0.15, -0.1) is 0 Å². The maximum Gasteiger partial charge on any atom is 0.215 e. The van der Waals surface area contributed by atoms with E-state index in [1.807, 2.05) is 18.2 Å². The Bertz CT molecular complexity index is 722. The molecule has 102 valence electrons. The van der Waals surface area contributed by atoms with Gasteiger partial charge in [-0.1, -0.05) is 0 Å². The van der Waals surface area contributed by atoms with Crippen molar-refractivity contribution in [2.75, 3.05) is 12.8 Å². The first-order valence-electron chi connectivity index (χ1n) is 6.12. The monoisotopic (exact) mass is 270 g/mol. The summed E-state index contributed by atoms with van der Waals surface area (Å²) in [7, 11) is 1.58. The Labute approximate surface area is 115 Å². The Balaban J connectivity index is 1.75. The zero-order chi connectivity index (χ0) is 13.9. The van der Waals surface area contributed by atoms with Gasteiger partial charge >= 0.3 is 0 Å². The second kappa shape index (κ2) is 5.08. The molecule has 0 fully saturated rings. The highest BCUT2D eigenvalue weighted by Gasteiger charge is 2.06. The van der Waals surface area contributed by atoms with Gasteiger partial charge in [-0.3, -0.25) is 0 Å². The zero-order valence-corrected chi connectivity index (χ0v) is 11.0. The third-order valence-corrected chi connectivity index (χ3v) is 2.83. The molecule has 0 amide bonds. The average molecular weight is 270 g/mol. The number of hydrogen-bond donors (Lipinski definition) is 2. The zero-order valence-electron chi connectivity index (χ0n) is 11.0. The number of benzene rings is 1. The number of nitrogen functional groups attached to an aromatic ring is 1. The third-order valence-electron chi connectivity index (χ3n) is 2.83. The Morgan fingerprint density at radius 3 is 2.65 bits per heavy atom. The number of imidazole rings is 1. The van der Waals surface area contributed by atoms with E-state index in [2.05, 4.69) is 15.0 Å². The quantitative estimate of drug-likeness (QED) is 0.709. The molecular formula is C14H14N4O2. The van der Waals surface area contributed by atoms with E-state index in [9.17, 15) is 0 Å². The maximum atomic E-state index is 5.62. The average Bonchev–Trinajstić information content (AvgIpc) is 2.88. The summed E-state index contributed by atoms with van der Waals surface area (Å²) >= 11 is 0. The molecule has 2 heterocycles. The van der Waals surface area contributed by atoms with Crippen molar-refractivity contribution in [1.29, 1.82) is 0 Å². The highest BCUT2D eigenvalue weighted by molar-refractivity contribution is 5.71. The molecule has 0 atom stereocenters. The van der Waals surface area contributed by atoms with E-state index in [0.29, 0.717) is 29.6 Å². The largest absolute Gasteiger partial charge is 0.486 e. The topological polar surface area (TPSA) is 86.0 Å². The van der Waals surface area contributed by atoms with Crippen molar-refractivity contribution in [2.24, 2.45) is 0 Å². The van der Waals surface area contributed by atoms with Crippen LogP contribution in [0.25, 0.3) is 11.2 Å². The van der Waals surface area contributed by atoms with Crippen LogP contribution in [0.2, 0.25) is 0 Å². The molecule has 6 heteroatoms. The van der Waals surface area contributed by atoms with Crippen LogP contribution in [0.1, 0.15) is 5.82 Å². The predicted octanol–water partition coefficient (Wildman–Crippen LogP) is 2.13. The Morgan fingerprint density at radius 2 is 1.90 bits per heavy atom. The van der Waals surface area contributed by atoms with Crippen molar-refractivity contribution in [3.63, 3.8) is 0 Å². The predicted molar refractivity (Wildman–Crippen MR) is 75.6 cm³/mol. The lowest BCUT2D eigenvalue weighted by atomic mass is 10.3. The van der Waals surface area contributed by atoms with Gasteiger partial charge in [0.2, 0.25) is 5.88 Å². The summed E-state index contributed by atoms with van der Waals surface area (Å²) in [6, 6.07) is 10.9. The normalized spacial score (nSPS) is 10.7. The number of rotatable bonds is 4. The van der Waals surface area contributed by atoms with Gasteiger partial charge in [0.25, 0.3) is 0 Å². The number of aromatic amines is 1. The van der Waals surface area contributed by atoms with Crippen molar-refractivity contribution < 1.29 is 9.47 Å². The summed E-state index contributed by atoms with van der Waals surface area (Å²) < 4.78 is 10.7. The fourth-order valence-corrected chi connectivity index (χ4v) is 1.82. The first kappa shape index (κ1) is 12.3. The molecule has 1 aromatic carbocycles.